The van der Waals surface area contributed by atoms with Gasteiger partial charge >= 0.3 is 0 Å². The lowest BCUT2D eigenvalue weighted by molar-refractivity contribution is 0.474. The smallest absolute Gasteiger partial charge is 0.240 e. The maximum atomic E-state index is 9.48. The lowest BCUT2D eigenvalue weighted by Crippen LogP contribution is -1.74. The molecule has 0 aliphatic rings. The van der Waals surface area contributed by atoms with E-state index in [2.05, 4.69) is 10.2 Å². The van der Waals surface area contributed by atoms with Gasteiger partial charge in [-0.25, -0.2) is 0 Å². The highest BCUT2D eigenvalue weighted by molar-refractivity contribution is 5.69. The number of phenols is 1. The fourth-order valence-corrected chi connectivity index (χ4v) is 1.17. The van der Waals surface area contributed by atoms with Gasteiger partial charge in [-0.1, -0.05) is 18.2 Å². The zero-order valence-electron chi connectivity index (χ0n) is 8.21. The Labute approximate surface area is 86.9 Å². The molecular weight excluding hydrogens is 192 g/mol. The number of hydrogen-bond acceptors (Lipinski definition) is 4. The van der Waals surface area contributed by atoms with Gasteiger partial charge < -0.3 is 9.52 Å². The summed E-state index contributed by atoms with van der Waals surface area (Å²) in [6.45, 7) is 1.73. The number of nitrogens with zero attached hydrogens (tertiary/aromatic N) is 2. The topological polar surface area (TPSA) is 59.2 Å². The predicted molar refractivity (Wildman–Crippen MR) is 56.1 cm³/mol. The summed E-state index contributed by atoms with van der Waals surface area (Å²) < 4.78 is 5.15. The quantitative estimate of drug-likeness (QED) is 0.811. The van der Waals surface area contributed by atoms with Gasteiger partial charge in [0.25, 0.3) is 0 Å². The molecule has 0 fully saturated rings. The summed E-state index contributed by atoms with van der Waals surface area (Å²) in [5.74, 6) is 1.17. The van der Waals surface area contributed by atoms with E-state index >= 15 is 0 Å². The van der Waals surface area contributed by atoms with Crippen LogP contribution in [0.1, 0.15) is 17.3 Å². The molecule has 4 heteroatoms. The first-order valence-electron chi connectivity index (χ1n) is 4.52. The van der Waals surface area contributed by atoms with Crippen molar-refractivity contribution in [2.75, 3.05) is 0 Å². The van der Waals surface area contributed by atoms with E-state index in [9.17, 15) is 5.11 Å². The van der Waals surface area contributed by atoms with Crippen LogP contribution >= 0.6 is 0 Å². The molecule has 2 rings (SSSR count). The lowest BCUT2D eigenvalue weighted by atomic mass is 10.2. The summed E-state index contributed by atoms with van der Waals surface area (Å²) in [5.41, 5.74) is 0.716. The molecule has 0 aliphatic carbocycles. The lowest BCUT2D eigenvalue weighted by Gasteiger charge is -1.95. The molecule has 0 atom stereocenters. The molecule has 15 heavy (non-hydrogen) atoms. The first-order chi connectivity index (χ1) is 7.25. The molecule has 0 saturated heterocycles. The molecule has 0 unspecified atom stereocenters. The largest absolute Gasteiger partial charge is 0.507 e. The minimum atomic E-state index is 0.227. The van der Waals surface area contributed by atoms with Gasteiger partial charge in [0.2, 0.25) is 11.8 Å². The number of aromatic hydroxyl groups is 1. The van der Waals surface area contributed by atoms with E-state index in [1.54, 1.807) is 37.3 Å². The Hall–Kier alpha value is -2.10. The Morgan fingerprint density at radius 2 is 2.00 bits per heavy atom. The predicted octanol–water partition coefficient (Wildman–Crippen LogP) is 2.25. The van der Waals surface area contributed by atoms with Crippen molar-refractivity contribution in [1.29, 1.82) is 0 Å². The highest BCUT2D eigenvalue weighted by atomic mass is 16.4. The average Bonchev–Trinajstić information content (AvgIpc) is 2.63. The second kappa shape index (κ2) is 3.96. The number of hydrogen-bond donors (Lipinski definition) is 1. The third-order valence-corrected chi connectivity index (χ3v) is 1.88. The van der Waals surface area contributed by atoms with Crippen LogP contribution in [0, 0.1) is 6.92 Å². The van der Waals surface area contributed by atoms with Crippen LogP contribution in [0.25, 0.3) is 12.2 Å². The van der Waals surface area contributed by atoms with Gasteiger partial charge in [0.1, 0.15) is 5.75 Å². The second-order valence-corrected chi connectivity index (χ2v) is 3.05. The molecule has 2 aromatic rings. The first kappa shape index (κ1) is 9.45. The van der Waals surface area contributed by atoms with E-state index in [0.29, 0.717) is 17.3 Å². The Balaban J connectivity index is 2.22. The van der Waals surface area contributed by atoms with Crippen molar-refractivity contribution in [3.8, 4) is 5.75 Å². The fourth-order valence-electron chi connectivity index (χ4n) is 1.17. The zero-order chi connectivity index (χ0) is 10.7. The standard InChI is InChI=1S/C11H10N2O2/c1-8-12-13-11(15-8)7-6-9-4-2-3-5-10(9)14/h2-7,14H,1H3/b7-6+. The van der Waals surface area contributed by atoms with Crippen molar-refractivity contribution in [1.82, 2.24) is 10.2 Å². The summed E-state index contributed by atoms with van der Waals surface area (Å²) in [6.07, 6.45) is 3.39. The molecule has 4 nitrogen and oxygen atoms in total. The van der Waals surface area contributed by atoms with Crippen molar-refractivity contribution in [2.45, 2.75) is 6.92 Å². The van der Waals surface area contributed by atoms with Gasteiger partial charge in [-0.3, -0.25) is 0 Å². The number of benzene rings is 1. The third-order valence-electron chi connectivity index (χ3n) is 1.88. The van der Waals surface area contributed by atoms with E-state index in [1.807, 2.05) is 6.07 Å². The molecule has 0 aliphatic heterocycles. The molecule has 0 amide bonds. The van der Waals surface area contributed by atoms with Gasteiger partial charge in [-0.2, -0.15) is 0 Å². The SMILES string of the molecule is Cc1nnc(/C=C/c2ccccc2O)o1. The first-order valence-corrected chi connectivity index (χ1v) is 4.52. The van der Waals surface area contributed by atoms with Crippen LogP contribution in [0.2, 0.25) is 0 Å². The molecule has 0 bridgehead atoms. The van der Waals surface area contributed by atoms with Crippen LogP contribution in [0.3, 0.4) is 0 Å². The Morgan fingerprint density at radius 3 is 2.67 bits per heavy atom. The minimum Gasteiger partial charge on any atom is -0.507 e. The maximum absolute atomic E-state index is 9.48. The average molecular weight is 202 g/mol. The van der Waals surface area contributed by atoms with E-state index < -0.39 is 0 Å². The van der Waals surface area contributed by atoms with E-state index in [1.165, 1.54) is 0 Å². The molecule has 0 radical (unpaired) electrons. The fraction of sp³-hybridized carbons (Fsp3) is 0.0909. The maximum Gasteiger partial charge on any atom is 0.240 e. The summed E-state index contributed by atoms with van der Waals surface area (Å²) in [5, 5.41) is 17.0. The Bertz CT molecular complexity index is 489. The van der Waals surface area contributed by atoms with E-state index in [4.69, 9.17) is 4.42 Å². The molecular formula is C11H10N2O2. The summed E-state index contributed by atoms with van der Waals surface area (Å²) >= 11 is 0. The van der Waals surface area contributed by atoms with Crippen LogP contribution in [0.5, 0.6) is 5.75 Å². The van der Waals surface area contributed by atoms with Crippen molar-refractivity contribution in [2.24, 2.45) is 0 Å². The Morgan fingerprint density at radius 1 is 1.20 bits per heavy atom. The molecule has 0 saturated carbocycles. The summed E-state index contributed by atoms with van der Waals surface area (Å²) in [7, 11) is 0. The van der Waals surface area contributed by atoms with Crippen molar-refractivity contribution in [3.63, 3.8) is 0 Å². The van der Waals surface area contributed by atoms with Crippen LogP contribution < -0.4 is 0 Å². The molecule has 0 spiro atoms. The zero-order valence-corrected chi connectivity index (χ0v) is 8.21. The van der Waals surface area contributed by atoms with Crippen molar-refractivity contribution < 1.29 is 9.52 Å². The second-order valence-electron chi connectivity index (χ2n) is 3.05. The number of rotatable bonds is 2. The minimum absolute atomic E-state index is 0.227. The van der Waals surface area contributed by atoms with Crippen LogP contribution in [0.15, 0.2) is 28.7 Å². The van der Waals surface area contributed by atoms with Gasteiger partial charge in [-0.05, 0) is 12.1 Å². The number of para-hydroxylation sites is 1. The number of aryl methyl sites for hydroxylation is 1. The summed E-state index contributed by atoms with van der Waals surface area (Å²) in [6, 6.07) is 7.04. The molecule has 76 valence electrons. The van der Waals surface area contributed by atoms with Gasteiger partial charge in [0.15, 0.2) is 0 Å². The normalized spacial score (nSPS) is 11.0. The van der Waals surface area contributed by atoms with E-state index in [-0.39, 0.29) is 5.75 Å². The van der Waals surface area contributed by atoms with Crippen LogP contribution in [-0.2, 0) is 0 Å². The van der Waals surface area contributed by atoms with Crippen LogP contribution in [-0.4, -0.2) is 15.3 Å². The molecule has 1 N–H and O–H groups in total. The van der Waals surface area contributed by atoms with Crippen LogP contribution in [0.4, 0.5) is 0 Å². The monoisotopic (exact) mass is 202 g/mol. The van der Waals surface area contributed by atoms with Gasteiger partial charge in [-0.15, -0.1) is 10.2 Å². The number of aromatic nitrogens is 2. The molecule has 1 aromatic heterocycles. The highest BCUT2D eigenvalue weighted by Crippen LogP contribution is 2.18. The van der Waals surface area contributed by atoms with Gasteiger partial charge in [0.05, 0.1) is 0 Å². The van der Waals surface area contributed by atoms with Crippen molar-refractivity contribution >= 4 is 12.2 Å². The molecule has 1 heterocycles. The van der Waals surface area contributed by atoms with Crippen molar-refractivity contribution in [3.05, 3.63) is 41.6 Å². The Kier molecular flexibility index (Phi) is 2.49. The van der Waals surface area contributed by atoms with Gasteiger partial charge in [0, 0.05) is 18.6 Å². The summed E-state index contributed by atoms with van der Waals surface area (Å²) in [4.78, 5) is 0. The number of phenolic OH excluding ortho intramolecular Hbond substituents is 1. The highest BCUT2D eigenvalue weighted by Gasteiger charge is 1.98. The third kappa shape index (κ3) is 2.22. The molecule has 1 aromatic carbocycles. The van der Waals surface area contributed by atoms with E-state index in [0.717, 1.165) is 0 Å².